The van der Waals surface area contributed by atoms with E-state index in [1.807, 2.05) is 27.7 Å². The van der Waals surface area contributed by atoms with E-state index in [1.165, 1.54) is 0 Å². The smallest absolute Gasteiger partial charge is 0.495 e. The first-order valence-electron chi connectivity index (χ1n) is 5.91. The zero-order chi connectivity index (χ0) is 13.6. The molecular formula is C12H19BN2O3. The monoisotopic (exact) mass is 250 g/mol. The molecule has 5 nitrogen and oxygen atoms in total. The number of ether oxygens (including phenoxy) is 1. The maximum atomic E-state index is 5.95. The normalized spacial score (nSPS) is 21.1. The third-order valence-electron chi connectivity index (χ3n) is 3.66. The van der Waals surface area contributed by atoms with Crippen molar-refractivity contribution < 1.29 is 14.0 Å². The van der Waals surface area contributed by atoms with Crippen LogP contribution in [0.25, 0.3) is 0 Å². The number of aromatic nitrogens is 1. The minimum atomic E-state index is -0.513. The Balaban J connectivity index is 2.38. The summed E-state index contributed by atoms with van der Waals surface area (Å²) in [6.45, 7) is 8.00. The van der Waals surface area contributed by atoms with Crippen molar-refractivity contribution in [2.24, 2.45) is 0 Å². The Bertz CT molecular complexity index is 447. The molecule has 1 aliphatic rings. The van der Waals surface area contributed by atoms with Crippen LogP contribution >= 0.6 is 0 Å². The highest BCUT2D eigenvalue weighted by atomic mass is 16.7. The largest absolute Gasteiger partial charge is 0.500 e. The van der Waals surface area contributed by atoms with Crippen LogP contribution < -0.4 is 15.9 Å². The molecule has 1 fully saturated rings. The molecule has 0 bridgehead atoms. The Morgan fingerprint density at radius 2 is 1.72 bits per heavy atom. The summed E-state index contributed by atoms with van der Waals surface area (Å²) in [5.74, 6) is 0.559. The van der Waals surface area contributed by atoms with Crippen LogP contribution in [-0.2, 0) is 9.31 Å². The minimum Gasteiger partial charge on any atom is -0.495 e. The lowest BCUT2D eigenvalue weighted by atomic mass is 9.79. The molecule has 0 aliphatic carbocycles. The lowest BCUT2D eigenvalue weighted by Gasteiger charge is -2.32. The second-order valence-electron chi connectivity index (χ2n) is 5.44. The Labute approximate surface area is 108 Å². The van der Waals surface area contributed by atoms with Gasteiger partial charge in [-0.1, -0.05) is 0 Å². The second-order valence-corrected chi connectivity index (χ2v) is 5.44. The lowest BCUT2D eigenvalue weighted by Crippen LogP contribution is -2.41. The molecular weight excluding hydrogens is 231 g/mol. The first-order valence-corrected chi connectivity index (χ1v) is 5.91. The van der Waals surface area contributed by atoms with Crippen molar-refractivity contribution >= 4 is 18.3 Å². The van der Waals surface area contributed by atoms with Crippen molar-refractivity contribution in [1.82, 2.24) is 4.98 Å². The van der Waals surface area contributed by atoms with E-state index < -0.39 is 18.3 Å². The third-order valence-corrected chi connectivity index (χ3v) is 3.66. The number of hydrogen-bond acceptors (Lipinski definition) is 5. The average molecular weight is 250 g/mol. The molecule has 2 heterocycles. The molecule has 0 spiro atoms. The highest BCUT2D eigenvalue weighted by Gasteiger charge is 2.52. The number of hydrogen-bond donors (Lipinski definition) is 1. The molecule has 1 aromatic heterocycles. The van der Waals surface area contributed by atoms with Crippen LogP contribution in [-0.4, -0.2) is 30.4 Å². The van der Waals surface area contributed by atoms with Gasteiger partial charge in [0.15, 0.2) is 0 Å². The fraction of sp³-hybridized carbons (Fsp3) is 0.583. The van der Waals surface area contributed by atoms with E-state index in [2.05, 4.69) is 4.98 Å². The van der Waals surface area contributed by atoms with E-state index >= 15 is 0 Å². The Morgan fingerprint density at radius 3 is 2.22 bits per heavy atom. The van der Waals surface area contributed by atoms with Crippen molar-refractivity contribution in [3.63, 3.8) is 0 Å². The first kappa shape index (κ1) is 13.2. The van der Waals surface area contributed by atoms with Gasteiger partial charge in [0.25, 0.3) is 0 Å². The summed E-state index contributed by atoms with van der Waals surface area (Å²) in [5, 5.41) is 0. The molecule has 98 valence electrons. The van der Waals surface area contributed by atoms with E-state index in [0.717, 1.165) is 5.46 Å². The van der Waals surface area contributed by atoms with Crippen molar-refractivity contribution in [3.05, 3.63) is 12.4 Å². The molecule has 0 atom stereocenters. The molecule has 18 heavy (non-hydrogen) atoms. The predicted octanol–water partition coefficient (Wildman–Crippen LogP) is 0.972. The van der Waals surface area contributed by atoms with E-state index in [0.29, 0.717) is 11.4 Å². The van der Waals surface area contributed by atoms with Gasteiger partial charge in [-0.3, -0.25) is 4.98 Å². The van der Waals surface area contributed by atoms with Gasteiger partial charge >= 0.3 is 7.12 Å². The van der Waals surface area contributed by atoms with Crippen LogP contribution in [0.1, 0.15) is 27.7 Å². The number of nitrogen functional groups attached to an aromatic ring is 1. The summed E-state index contributed by atoms with van der Waals surface area (Å²) in [6.07, 6.45) is 3.21. The van der Waals surface area contributed by atoms with E-state index in [1.54, 1.807) is 19.5 Å². The van der Waals surface area contributed by atoms with Gasteiger partial charge in [-0.05, 0) is 27.7 Å². The van der Waals surface area contributed by atoms with Crippen LogP contribution in [0.5, 0.6) is 5.75 Å². The molecule has 1 aliphatic heterocycles. The van der Waals surface area contributed by atoms with Gasteiger partial charge in [0.05, 0.1) is 30.2 Å². The molecule has 0 amide bonds. The van der Waals surface area contributed by atoms with Crippen LogP contribution in [0.3, 0.4) is 0 Å². The second kappa shape index (κ2) is 4.14. The summed E-state index contributed by atoms with van der Waals surface area (Å²) < 4.78 is 17.2. The zero-order valence-electron chi connectivity index (χ0n) is 11.5. The van der Waals surface area contributed by atoms with Crippen molar-refractivity contribution in [3.8, 4) is 5.75 Å². The van der Waals surface area contributed by atoms with E-state index in [-0.39, 0.29) is 0 Å². The SMILES string of the molecule is COc1c(N)cncc1B1OC(C)(C)C(C)(C)O1. The average Bonchev–Trinajstić information content (AvgIpc) is 2.47. The van der Waals surface area contributed by atoms with E-state index in [9.17, 15) is 0 Å². The molecule has 0 aromatic carbocycles. The molecule has 1 saturated heterocycles. The Hall–Kier alpha value is -1.27. The maximum Gasteiger partial charge on any atom is 0.500 e. The van der Waals surface area contributed by atoms with Gasteiger partial charge in [0.1, 0.15) is 5.75 Å². The van der Waals surface area contributed by atoms with Gasteiger partial charge in [-0.2, -0.15) is 0 Å². The van der Waals surface area contributed by atoms with Crippen molar-refractivity contribution in [2.75, 3.05) is 12.8 Å². The van der Waals surface area contributed by atoms with Crippen LogP contribution in [0, 0.1) is 0 Å². The number of rotatable bonds is 2. The molecule has 0 radical (unpaired) electrons. The summed E-state index contributed by atoms with van der Waals surface area (Å²) in [5.41, 5.74) is 6.24. The van der Waals surface area contributed by atoms with Gasteiger partial charge in [0.2, 0.25) is 0 Å². The number of anilines is 1. The topological polar surface area (TPSA) is 66.6 Å². The Kier molecular flexibility index (Phi) is 3.03. The highest BCUT2D eigenvalue weighted by Crippen LogP contribution is 2.37. The molecule has 1 aromatic rings. The standard InChI is InChI=1S/C12H19BN2O3/c1-11(2)12(3,4)18-13(17-11)8-6-15-7-9(14)10(8)16-5/h6-7H,14H2,1-5H3. The quantitative estimate of drug-likeness (QED) is 0.792. The van der Waals surface area contributed by atoms with Crippen molar-refractivity contribution in [1.29, 1.82) is 0 Å². The fourth-order valence-electron chi connectivity index (χ4n) is 1.86. The zero-order valence-corrected chi connectivity index (χ0v) is 11.5. The van der Waals surface area contributed by atoms with Crippen LogP contribution in [0.4, 0.5) is 5.69 Å². The number of nitrogens with two attached hydrogens (primary N) is 1. The summed E-state index contributed by atoms with van der Waals surface area (Å²) in [6, 6.07) is 0. The molecule has 0 unspecified atom stereocenters. The number of methoxy groups -OCH3 is 1. The molecule has 6 heteroatoms. The Morgan fingerprint density at radius 1 is 1.17 bits per heavy atom. The third kappa shape index (κ3) is 1.95. The molecule has 2 rings (SSSR count). The van der Waals surface area contributed by atoms with Gasteiger partial charge in [0, 0.05) is 11.7 Å². The van der Waals surface area contributed by atoms with Crippen LogP contribution in [0.2, 0.25) is 0 Å². The maximum absolute atomic E-state index is 5.95. The van der Waals surface area contributed by atoms with Crippen molar-refractivity contribution in [2.45, 2.75) is 38.9 Å². The number of pyridine rings is 1. The predicted molar refractivity (Wildman–Crippen MR) is 70.9 cm³/mol. The van der Waals surface area contributed by atoms with Gasteiger partial charge in [-0.25, -0.2) is 0 Å². The molecule has 2 N–H and O–H groups in total. The minimum absolute atomic E-state index is 0.396. The fourth-order valence-corrected chi connectivity index (χ4v) is 1.86. The summed E-state index contributed by atoms with van der Waals surface area (Å²) in [7, 11) is 1.06. The molecule has 0 saturated carbocycles. The highest BCUT2D eigenvalue weighted by molar-refractivity contribution is 6.63. The summed E-state index contributed by atoms with van der Waals surface area (Å²) in [4.78, 5) is 4.07. The first-order chi connectivity index (χ1) is 8.28. The van der Waals surface area contributed by atoms with Gasteiger partial charge in [-0.15, -0.1) is 0 Å². The van der Waals surface area contributed by atoms with Crippen LogP contribution in [0.15, 0.2) is 12.4 Å². The van der Waals surface area contributed by atoms with E-state index in [4.69, 9.17) is 19.8 Å². The van der Waals surface area contributed by atoms with Gasteiger partial charge < -0.3 is 19.8 Å². The number of nitrogens with zero attached hydrogens (tertiary/aromatic N) is 1. The lowest BCUT2D eigenvalue weighted by molar-refractivity contribution is 0.00578. The summed E-state index contributed by atoms with van der Waals surface area (Å²) >= 11 is 0.